The molecule has 3 atom stereocenters. The first-order chi connectivity index (χ1) is 15.6. The Morgan fingerprint density at radius 3 is 2.72 bits per heavy atom. The summed E-state index contributed by atoms with van der Waals surface area (Å²) in [6.45, 7) is 3.19. The van der Waals surface area contributed by atoms with Crippen LogP contribution in [0.1, 0.15) is 17.9 Å². The van der Waals surface area contributed by atoms with Gasteiger partial charge < -0.3 is 9.88 Å². The highest BCUT2D eigenvalue weighted by atomic mass is 35.5. The highest BCUT2D eigenvalue weighted by Crippen LogP contribution is 2.51. The number of nitrogens with zero attached hydrogens (tertiary/aromatic N) is 2. The van der Waals surface area contributed by atoms with E-state index in [-0.39, 0.29) is 11.2 Å². The molecule has 0 bridgehead atoms. The molecule has 3 aromatic carbocycles. The van der Waals surface area contributed by atoms with Crippen LogP contribution in [0.25, 0.3) is 21.7 Å². The standard InChI is InChI=1S/C26H24ClN3O2/c27-23-6-3-4-16-12-17(8-9-19(16)23)21-13-18-14-29(15-22(18)21)10-11-30-25(31)20-5-1-2-7-24(20)28-26(30)32/h1-9,12,18,21-22H,10-11,13-15H2,(H,28,32). The summed E-state index contributed by atoms with van der Waals surface area (Å²) in [6, 6.07) is 19.9. The van der Waals surface area contributed by atoms with Crippen molar-refractivity contribution in [3.63, 3.8) is 0 Å². The maximum Gasteiger partial charge on any atom is 0.328 e. The average molecular weight is 446 g/mol. The number of hydrogen-bond acceptors (Lipinski definition) is 3. The van der Waals surface area contributed by atoms with Crippen molar-refractivity contribution in [3.05, 3.63) is 92.1 Å². The van der Waals surface area contributed by atoms with E-state index in [1.54, 1.807) is 12.1 Å². The van der Waals surface area contributed by atoms with E-state index in [1.165, 1.54) is 21.9 Å². The van der Waals surface area contributed by atoms with E-state index in [4.69, 9.17) is 11.6 Å². The van der Waals surface area contributed by atoms with E-state index in [1.807, 2.05) is 24.3 Å². The topological polar surface area (TPSA) is 58.1 Å². The molecular formula is C26H24ClN3O2. The first-order valence-electron chi connectivity index (χ1n) is 11.2. The van der Waals surface area contributed by atoms with Gasteiger partial charge in [0.1, 0.15) is 0 Å². The fourth-order valence-corrected chi connectivity index (χ4v) is 5.95. The highest BCUT2D eigenvalue weighted by molar-refractivity contribution is 6.35. The Labute approximate surface area is 190 Å². The molecule has 4 aromatic rings. The van der Waals surface area contributed by atoms with Crippen LogP contribution in [0.15, 0.2) is 70.3 Å². The second-order valence-corrected chi connectivity index (χ2v) is 9.59. The average Bonchev–Trinajstić information content (AvgIpc) is 3.09. The van der Waals surface area contributed by atoms with Crippen molar-refractivity contribution in [2.75, 3.05) is 19.6 Å². The molecule has 2 aliphatic rings. The van der Waals surface area contributed by atoms with Gasteiger partial charge in [-0.2, -0.15) is 0 Å². The fraction of sp³-hybridized carbons (Fsp3) is 0.308. The van der Waals surface area contributed by atoms with Crippen molar-refractivity contribution in [2.24, 2.45) is 11.8 Å². The van der Waals surface area contributed by atoms with Crippen LogP contribution in [0.5, 0.6) is 0 Å². The molecule has 1 saturated carbocycles. The summed E-state index contributed by atoms with van der Waals surface area (Å²) in [4.78, 5) is 30.5. The molecule has 6 heteroatoms. The monoisotopic (exact) mass is 445 g/mol. The lowest BCUT2D eigenvalue weighted by Crippen LogP contribution is -2.38. The van der Waals surface area contributed by atoms with Gasteiger partial charge in [-0.05, 0) is 53.3 Å². The van der Waals surface area contributed by atoms with Crippen LogP contribution in [0.3, 0.4) is 0 Å². The fourth-order valence-electron chi connectivity index (χ4n) is 5.70. The number of nitrogens with one attached hydrogen (secondary N) is 1. The quantitative estimate of drug-likeness (QED) is 0.511. The molecule has 5 nitrogen and oxygen atoms in total. The third kappa shape index (κ3) is 3.19. The van der Waals surface area contributed by atoms with Gasteiger partial charge in [0.25, 0.3) is 5.56 Å². The van der Waals surface area contributed by atoms with E-state index in [0.717, 1.165) is 23.5 Å². The van der Waals surface area contributed by atoms with Crippen LogP contribution in [-0.4, -0.2) is 34.1 Å². The van der Waals surface area contributed by atoms with Crippen LogP contribution in [0.2, 0.25) is 5.02 Å². The Morgan fingerprint density at radius 1 is 0.938 bits per heavy atom. The summed E-state index contributed by atoms with van der Waals surface area (Å²) in [6.07, 6.45) is 1.20. The third-order valence-electron chi connectivity index (χ3n) is 7.45. The van der Waals surface area contributed by atoms with Gasteiger partial charge in [0.15, 0.2) is 0 Å². The molecular weight excluding hydrogens is 422 g/mol. The summed E-state index contributed by atoms with van der Waals surface area (Å²) in [5.41, 5.74) is 1.45. The number of benzene rings is 3. The molecule has 1 aromatic heterocycles. The lowest BCUT2D eigenvalue weighted by molar-refractivity contribution is 0.191. The molecule has 1 saturated heterocycles. The Morgan fingerprint density at radius 2 is 1.81 bits per heavy atom. The zero-order chi connectivity index (χ0) is 21.8. The van der Waals surface area contributed by atoms with Crippen molar-refractivity contribution in [3.8, 4) is 0 Å². The summed E-state index contributed by atoms with van der Waals surface area (Å²) in [5.74, 6) is 1.90. The lowest BCUT2D eigenvalue weighted by Gasteiger charge is -2.40. The summed E-state index contributed by atoms with van der Waals surface area (Å²) >= 11 is 6.33. The molecule has 6 rings (SSSR count). The maximum absolute atomic E-state index is 12.8. The number of halogens is 1. The van der Waals surface area contributed by atoms with E-state index in [9.17, 15) is 9.59 Å². The molecule has 1 aliphatic carbocycles. The number of rotatable bonds is 4. The van der Waals surface area contributed by atoms with Crippen LogP contribution >= 0.6 is 11.6 Å². The van der Waals surface area contributed by atoms with Gasteiger partial charge >= 0.3 is 5.69 Å². The minimum Gasteiger partial charge on any atom is -0.307 e. The van der Waals surface area contributed by atoms with Gasteiger partial charge in [-0.1, -0.05) is 54.1 Å². The molecule has 162 valence electrons. The van der Waals surface area contributed by atoms with Gasteiger partial charge in [-0.15, -0.1) is 0 Å². The predicted octanol–water partition coefficient (Wildman–Crippen LogP) is 4.23. The molecule has 3 unspecified atom stereocenters. The number of likely N-dealkylation sites (tertiary alicyclic amines) is 1. The number of para-hydroxylation sites is 1. The molecule has 2 fully saturated rings. The van der Waals surface area contributed by atoms with Crippen molar-refractivity contribution < 1.29 is 0 Å². The Bertz CT molecular complexity index is 1460. The lowest BCUT2D eigenvalue weighted by atomic mass is 9.64. The highest BCUT2D eigenvalue weighted by Gasteiger charge is 2.47. The Kier molecular flexibility index (Phi) is 4.70. The van der Waals surface area contributed by atoms with Gasteiger partial charge in [0.2, 0.25) is 0 Å². The maximum atomic E-state index is 12.8. The van der Waals surface area contributed by atoms with E-state index >= 15 is 0 Å². The Hall–Kier alpha value is -2.89. The Balaban J connectivity index is 1.17. The van der Waals surface area contributed by atoms with E-state index in [2.05, 4.69) is 34.1 Å². The van der Waals surface area contributed by atoms with Gasteiger partial charge in [-0.3, -0.25) is 9.36 Å². The third-order valence-corrected chi connectivity index (χ3v) is 7.78. The predicted molar refractivity (Wildman–Crippen MR) is 129 cm³/mol. The molecule has 1 aliphatic heterocycles. The second kappa shape index (κ2) is 7.61. The summed E-state index contributed by atoms with van der Waals surface area (Å²) < 4.78 is 1.34. The molecule has 1 N–H and O–H groups in total. The van der Waals surface area contributed by atoms with Gasteiger partial charge in [0.05, 0.1) is 10.9 Å². The summed E-state index contributed by atoms with van der Waals surface area (Å²) in [5, 5.41) is 3.66. The van der Waals surface area contributed by atoms with Crippen molar-refractivity contribution in [1.82, 2.24) is 14.5 Å². The number of aromatic nitrogens is 2. The van der Waals surface area contributed by atoms with Crippen molar-refractivity contribution in [2.45, 2.75) is 18.9 Å². The minimum absolute atomic E-state index is 0.209. The smallest absolute Gasteiger partial charge is 0.307 e. The molecule has 0 spiro atoms. The number of aromatic amines is 1. The zero-order valence-corrected chi connectivity index (χ0v) is 18.4. The van der Waals surface area contributed by atoms with Crippen molar-refractivity contribution >= 4 is 33.3 Å². The first-order valence-corrected chi connectivity index (χ1v) is 11.6. The molecule has 0 amide bonds. The summed E-state index contributed by atoms with van der Waals surface area (Å²) in [7, 11) is 0. The molecule has 32 heavy (non-hydrogen) atoms. The van der Waals surface area contributed by atoms with Gasteiger partial charge in [-0.25, -0.2) is 4.79 Å². The number of fused-ring (bicyclic) bond motifs is 3. The number of hydrogen-bond donors (Lipinski definition) is 1. The normalized spacial score (nSPS) is 22.8. The van der Waals surface area contributed by atoms with Crippen molar-refractivity contribution in [1.29, 1.82) is 0 Å². The van der Waals surface area contributed by atoms with E-state index in [0.29, 0.717) is 41.7 Å². The second-order valence-electron chi connectivity index (χ2n) is 9.18. The zero-order valence-electron chi connectivity index (χ0n) is 17.6. The van der Waals surface area contributed by atoms with Crippen LogP contribution in [0.4, 0.5) is 0 Å². The van der Waals surface area contributed by atoms with Crippen LogP contribution in [0, 0.1) is 11.8 Å². The largest absolute Gasteiger partial charge is 0.328 e. The first kappa shape index (κ1) is 19.8. The number of H-pyrrole nitrogens is 1. The van der Waals surface area contributed by atoms with Crippen LogP contribution < -0.4 is 11.2 Å². The molecule has 2 heterocycles. The minimum atomic E-state index is -0.330. The van der Waals surface area contributed by atoms with Crippen LogP contribution in [-0.2, 0) is 6.54 Å². The van der Waals surface area contributed by atoms with Gasteiger partial charge in [0, 0.05) is 36.6 Å². The van der Waals surface area contributed by atoms with E-state index < -0.39 is 0 Å². The molecule has 0 radical (unpaired) electrons. The SMILES string of the molecule is O=c1[nH]c2ccccc2c(=O)n1CCN1CC2CC(c3ccc4c(Cl)cccc4c3)C2C1.